The third-order valence-corrected chi connectivity index (χ3v) is 3.71. The maximum absolute atomic E-state index is 11.8. The van der Waals surface area contributed by atoms with Crippen molar-refractivity contribution in [3.63, 3.8) is 0 Å². The molecule has 1 aromatic carbocycles. The van der Waals surface area contributed by atoms with Crippen molar-refractivity contribution in [1.29, 1.82) is 0 Å². The van der Waals surface area contributed by atoms with Crippen LogP contribution in [-0.4, -0.2) is 12.1 Å². The van der Waals surface area contributed by atoms with E-state index in [1.165, 1.54) is 18.4 Å². The van der Waals surface area contributed by atoms with Gasteiger partial charge in [0, 0.05) is 11.1 Å². The number of cyclic esters (lactones) is 1. The zero-order valence-corrected chi connectivity index (χ0v) is 12.0. The summed E-state index contributed by atoms with van der Waals surface area (Å²) in [6.45, 7) is 6.13. The molecule has 0 bridgehead atoms. The average Bonchev–Trinajstić information content (AvgIpc) is 2.67. The van der Waals surface area contributed by atoms with Crippen molar-refractivity contribution in [3.05, 3.63) is 41.0 Å². The number of benzene rings is 1. The van der Waals surface area contributed by atoms with Crippen LogP contribution in [0.2, 0.25) is 0 Å². The molecular weight excluding hydrogens is 236 g/mol. The fourth-order valence-corrected chi connectivity index (χ4v) is 2.55. The van der Waals surface area contributed by atoms with E-state index in [4.69, 9.17) is 4.74 Å². The van der Waals surface area contributed by atoms with Gasteiger partial charge in [0.25, 0.3) is 0 Å². The van der Waals surface area contributed by atoms with Crippen molar-refractivity contribution in [3.8, 4) is 0 Å². The van der Waals surface area contributed by atoms with Crippen molar-refractivity contribution in [2.75, 3.05) is 0 Å². The van der Waals surface area contributed by atoms with Crippen molar-refractivity contribution in [1.82, 2.24) is 0 Å². The zero-order valence-electron chi connectivity index (χ0n) is 12.0. The van der Waals surface area contributed by atoms with Gasteiger partial charge >= 0.3 is 5.97 Å². The molecule has 0 unspecified atom stereocenters. The Balaban J connectivity index is 2.22. The molecule has 0 radical (unpaired) electrons. The molecule has 1 atom stereocenters. The first-order chi connectivity index (χ1) is 9.13. The van der Waals surface area contributed by atoms with E-state index in [9.17, 15) is 4.79 Å². The Morgan fingerprint density at radius 1 is 1.11 bits per heavy atom. The molecule has 1 aliphatic heterocycles. The monoisotopic (exact) mass is 258 g/mol. The largest absolute Gasteiger partial charge is 0.454 e. The summed E-state index contributed by atoms with van der Waals surface area (Å²) in [5, 5.41) is 0. The van der Waals surface area contributed by atoms with Crippen LogP contribution in [0.15, 0.2) is 29.8 Å². The Morgan fingerprint density at radius 3 is 2.42 bits per heavy atom. The zero-order chi connectivity index (χ0) is 13.8. The van der Waals surface area contributed by atoms with E-state index >= 15 is 0 Å². The van der Waals surface area contributed by atoms with Crippen molar-refractivity contribution >= 4 is 11.5 Å². The summed E-state index contributed by atoms with van der Waals surface area (Å²) in [6, 6.07) is 8.34. The summed E-state index contributed by atoms with van der Waals surface area (Å²) in [5.41, 5.74) is 4.21. The van der Waals surface area contributed by atoms with Crippen LogP contribution >= 0.6 is 0 Å². The van der Waals surface area contributed by atoms with Gasteiger partial charge in [-0.25, -0.2) is 4.79 Å². The first kappa shape index (κ1) is 13.9. The van der Waals surface area contributed by atoms with E-state index in [0.717, 1.165) is 29.6 Å². The highest BCUT2D eigenvalue weighted by molar-refractivity contribution is 6.02. The van der Waals surface area contributed by atoms with Gasteiger partial charge in [-0.1, -0.05) is 49.6 Å². The van der Waals surface area contributed by atoms with Gasteiger partial charge in [0.1, 0.15) is 6.10 Å². The summed E-state index contributed by atoms with van der Waals surface area (Å²) in [5.74, 6) is -0.155. The second kappa shape index (κ2) is 6.05. The van der Waals surface area contributed by atoms with Crippen LogP contribution in [0.3, 0.4) is 0 Å². The van der Waals surface area contributed by atoms with Crippen molar-refractivity contribution in [2.45, 2.75) is 52.6 Å². The normalized spacial score (nSPS) is 18.9. The molecule has 0 N–H and O–H groups in total. The van der Waals surface area contributed by atoms with Crippen molar-refractivity contribution < 1.29 is 9.53 Å². The minimum Gasteiger partial charge on any atom is -0.454 e. The summed E-state index contributed by atoms with van der Waals surface area (Å²) < 4.78 is 5.50. The van der Waals surface area contributed by atoms with Crippen LogP contribution in [-0.2, 0) is 9.53 Å². The van der Waals surface area contributed by atoms with Crippen LogP contribution in [0.1, 0.15) is 50.7 Å². The molecule has 0 saturated carbocycles. The lowest BCUT2D eigenvalue weighted by Gasteiger charge is -2.14. The van der Waals surface area contributed by atoms with E-state index in [1.807, 2.05) is 6.92 Å². The number of rotatable bonds is 5. The van der Waals surface area contributed by atoms with E-state index in [1.54, 1.807) is 0 Å². The number of unbranched alkanes of at least 4 members (excludes halogenated alkanes) is 2. The molecule has 1 heterocycles. The number of esters is 1. The van der Waals surface area contributed by atoms with Gasteiger partial charge < -0.3 is 4.74 Å². The number of ether oxygens (including phenoxy) is 1. The fraction of sp³-hybridized carbons (Fsp3) is 0.471. The van der Waals surface area contributed by atoms with Crippen LogP contribution in [0.25, 0.3) is 5.57 Å². The Morgan fingerprint density at radius 2 is 1.79 bits per heavy atom. The highest BCUT2D eigenvalue weighted by Crippen LogP contribution is 2.34. The number of hydrogen-bond acceptors (Lipinski definition) is 2. The summed E-state index contributed by atoms with van der Waals surface area (Å²) in [4.78, 5) is 11.8. The molecular formula is C17H22O2. The number of carbonyl (C=O) groups excluding carboxylic acids is 1. The molecule has 0 aromatic heterocycles. The molecule has 0 spiro atoms. The molecule has 19 heavy (non-hydrogen) atoms. The lowest BCUT2D eigenvalue weighted by Crippen LogP contribution is -2.11. The van der Waals surface area contributed by atoms with Gasteiger partial charge in [0.15, 0.2) is 0 Å². The molecule has 0 fully saturated rings. The Kier molecular flexibility index (Phi) is 4.41. The first-order valence-electron chi connectivity index (χ1n) is 7.12. The van der Waals surface area contributed by atoms with Gasteiger partial charge in [-0.15, -0.1) is 0 Å². The molecule has 2 nitrogen and oxygen atoms in total. The van der Waals surface area contributed by atoms with Gasteiger partial charge in [0.05, 0.1) is 0 Å². The van der Waals surface area contributed by atoms with Gasteiger partial charge in [0.2, 0.25) is 0 Å². The topological polar surface area (TPSA) is 26.3 Å². The molecule has 0 aliphatic carbocycles. The minimum atomic E-state index is -0.155. The van der Waals surface area contributed by atoms with Gasteiger partial charge in [-0.3, -0.25) is 0 Å². The third-order valence-electron chi connectivity index (χ3n) is 3.71. The first-order valence-corrected chi connectivity index (χ1v) is 7.12. The van der Waals surface area contributed by atoms with Crippen LogP contribution in [0.4, 0.5) is 0 Å². The number of hydrogen-bond donors (Lipinski definition) is 0. The van der Waals surface area contributed by atoms with Crippen LogP contribution < -0.4 is 0 Å². The van der Waals surface area contributed by atoms with E-state index in [2.05, 4.69) is 38.1 Å². The Bertz CT molecular complexity index is 482. The SMILES string of the molecule is CCCCC[C@H]1OC(=O)C(C)=C1c1ccc(C)cc1. The highest BCUT2D eigenvalue weighted by atomic mass is 16.5. The average molecular weight is 258 g/mol. The number of aryl methyl sites for hydroxylation is 1. The molecule has 2 rings (SSSR count). The highest BCUT2D eigenvalue weighted by Gasteiger charge is 2.31. The number of carbonyl (C=O) groups is 1. The lowest BCUT2D eigenvalue weighted by atomic mass is 9.94. The van der Waals surface area contributed by atoms with Crippen molar-refractivity contribution in [2.24, 2.45) is 0 Å². The molecule has 1 aromatic rings. The lowest BCUT2D eigenvalue weighted by molar-refractivity contribution is -0.139. The van der Waals surface area contributed by atoms with E-state index < -0.39 is 0 Å². The Labute approximate surface area is 115 Å². The summed E-state index contributed by atoms with van der Waals surface area (Å²) >= 11 is 0. The maximum Gasteiger partial charge on any atom is 0.334 e. The standard InChI is InChI=1S/C17H22O2/c1-4-5-6-7-15-16(13(3)17(18)19-15)14-10-8-12(2)9-11-14/h8-11,15H,4-7H2,1-3H3/t15-/m1/s1. The van der Waals surface area contributed by atoms with E-state index in [0.29, 0.717) is 0 Å². The maximum atomic E-state index is 11.8. The van der Waals surface area contributed by atoms with Crippen LogP contribution in [0, 0.1) is 6.92 Å². The quantitative estimate of drug-likeness (QED) is 0.582. The van der Waals surface area contributed by atoms with E-state index in [-0.39, 0.29) is 12.1 Å². The van der Waals surface area contributed by atoms with Gasteiger partial charge in [-0.2, -0.15) is 0 Å². The molecule has 102 valence electrons. The van der Waals surface area contributed by atoms with Gasteiger partial charge in [-0.05, 0) is 32.3 Å². The predicted molar refractivity (Wildman–Crippen MR) is 77.8 cm³/mol. The minimum absolute atomic E-state index is 0.0539. The van der Waals surface area contributed by atoms with Crippen LogP contribution in [0.5, 0.6) is 0 Å². The predicted octanol–water partition coefficient (Wildman–Crippen LogP) is 4.27. The fourth-order valence-electron chi connectivity index (χ4n) is 2.55. The third kappa shape index (κ3) is 3.06. The summed E-state index contributed by atoms with van der Waals surface area (Å²) in [6.07, 6.45) is 4.36. The molecule has 2 heteroatoms. The smallest absolute Gasteiger partial charge is 0.334 e. The molecule has 1 aliphatic rings. The second-order valence-electron chi connectivity index (χ2n) is 5.29. The Hall–Kier alpha value is -1.57. The summed E-state index contributed by atoms with van der Waals surface area (Å²) in [7, 11) is 0. The molecule has 0 saturated heterocycles. The molecule has 0 amide bonds. The second-order valence-corrected chi connectivity index (χ2v) is 5.29.